The minimum atomic E-state index is -2.91. The van der Waals surface area contributed by atoms with Crippen molar-refractivity contribution in [2.75, 3.05) is 13.3 Å². The number of aliphatic imine (C=N–C) groups is 1. The van der Waals surface area contributed by atoms with E-state index in [0.717, 1.165) is 6.42 Å². The summed E-state index contributed by atoms with van der Waals surface area (Å²) in [4.78, 5) is 4.46. The van der Waals surface area contributed by atoms with Crippen molar-refractivity contribution >= 4 is 29.9 Å². The first kappa shape index (κ1) is 19.8. The molecule has 0 radical (unpaired) electrons. The molecule has 0 saturated heterocycles. The van der Waals surface area contributed by atoms with E-state index in [1.807, 2.05) is 6.92 Å². The van der Waals surface area contributed by atoms with Gasteiger partial charge in [-0.25, -0.2) is 4.99 Å². The van der Waals surface area contributed by atoms with Gasteiger partial charge in [0.2, 0.25) is 6.79 Å². The number of halogens is 3. The van der Waals surface area contributed by atoms with Crippen molar-refractivity contribution in [2.24, 2.45) is 10.9 Å². The summed E-state index contributed by atoms with van der Waals surface area (Å²) in [6, 6.07) is 3.46. The van der Waals surface area contributed by atoms with E-state index in [1.165, 1.54) is 6.07 Å². The van der Waals surface area contributed by atoms with Gasteiger partial charge in [0, 0.05) is 24.2 Å². The first-order valence-electron chi connectivity index (χ1n) is 7.99. The second-order valence-electron chi connectivity index (χ2n) is 5.85. The SMILES string of the molecule is CCNC(=NCc1cc2c(cc1OC(F)F)OCO2)NC1CC1C.I. The Morgan fingerprint density at radius 2 is 2.04 bits per heavy atom. The van der Waals surface area contributed by atoms with Crippen molar-refractivity contribution in [2.45, 2.75) is 39.5 Å². The minimum Gasteiger partial charge on any atom is -0.454 e. The van der Waals surface area contributed by atoms with Gasteiger partial charge < -0.3 is 24.8 Å². The van der Waals surface area contributed by atoms with Crippen molar-refractivity contribution in [3.63, 3.8) is 0 Å². The van der Waals surface area contributed by atoms with Gasteiger partial charge in [0.05, 0.1) is 6.54 Å². The number of rotatable bonds is 6. The van der Waals surface area contributed by atoms with E-state index < -0.39 is 6.61 Å². The third-order valence-electron chi connectivity index (χ3n) is 3.96. The molecule has 9 heteroatoms. The number of guanidine groups is 1. The summed E-state index contributed by atoms with van der Waals surface area (Å²) in [5.41, 5.74) is 0.514. The van der Waals surface area contributed by atoms with Crippen LogP contribution in [0.25, 0.3) is 0 Å². The highest BCUT2D eigenvalue weighted by molar-refractivity contribution is 14.0. The number of ether oxygens (including phenoxy) is 3. The van der Waals surface area contributed by atoms with E-state index in [-0.39, 0.29) is 43.1 Å². The van der Waals surface area contributed by atoms with Gasteiger partial charge in [0.15, 0.2) is 17.5 Å². The number of benzene rings is 1. The second kappa shape index (κ2) is 8.72. The predicted molar refractivity (Wildman–Crippen MR) is 100 cm³/mol. The van der Waals surface area contributed by atoms with E-state index in [0.29, 0.717) is 41.5 Å². The molecule has 2 aliphatic rings. The number of nitrogens with zero attached hydrogens (tertiary/aromatic N) is 1. The molecular formula is C16H22F2IN3O3. The summed E-state index contributed by atoms with van der Waals surface area (Å²) in [6.07, 6.45) is 1.11. The van der Waals surface area contributed by atoms with Gasteiger partial charge in [-0.15, -0.1) is 24.0 Å². The highest BCUT2D eigenvalue weighted by Crippen LogP contribution is 2.39. The molecule has 0 aromatic heterocycles. The van der Waals surface area contributed by atoms with Gasteiger partial charge in [-0.1, -0.05) is 6.92 Å². The fourth-order valence-electron chi connectivity index (χ4n) is 2.48. The Labute approximate surface area is 162 Å². The van der Waals surface area contributed by atoms with E-state index in [4.69, 9.17) is 9.47 Å². The Hall–Kier alpha value is -1.52. The zero-order chi connectivity index (χ0) is 17.1. The van der Waals surface area contributed by atoms with Gasteiger partial charge in [0.1, 0.15) is 5.75 Å². The lowest BCUT2D eigenvalue weighted by Gasteiger charge is -2.13. The number of nitrogens with one attached hydrogen (secondary N) is 2. The second-order valence-corrected chi connectivity index (χ2v) is 5.85. The fraction of sp³-hybridized carbons (Fsp3) is 0.562. The smallest absolute Gasteiger partial charge is 0.387 e. The average Bonchev–Trinajstić information content (AvgIpc) is 3.03. The van der Waals surface area contributed by atoms with E-state index >= 15 is 0 Å². The van der Waals surface area contributed by atoms with Crippen molar-refractivity contribution < 1.29 is 23.0 Å². The molecule has 1 aliphatic heterocycles. The van der Waals surface area contributed by atoms with Crippen LogP contribution in [0.5, 0.6) is 17.2 Å². The lowest BCUT2D eigenvalue weighted by molar-refractivity contribution is -0.0505. The topological polar surface area (TPSA) is 64.1 Å². The van der Waals surface area contributed by atoms with Crippen LogP contribution in [0, 0.1) is 5.92 Å². The van der Waals surface area contributed by atoms with Gasteiger partial charge in [0.25, 0.3) is 0 Å². The number of hydrogen-bond acceptors (Lipinski definition) is 4. The molecule has 2 atom stereocenters. The lowest BCUT2D eigenvalue weighted by atomic mass is 10.1. The fourth-order valence-corrected chi connectivity index (χ4v) is 2.48. The molecule has 140 valence electrons. The van der Waals surface area contributed by atoms with Crippen LogP contribution in [0.4, 0.5) is 8.78 Å². The zero-order valence-corrected chi connectivity index (χ0v) is 16.4. The molecular weight excluding hydrogens is 447 g/mol. The van der Waals surface area contributed by atoms with Crippen LogP contribution in [0.1, 0.15) is 25.8 Å². The van der Waals surface area contributed by atoms with Crippen LogP contribution in [0.15, 0.2) is 17.1 Å². The Kier molecular flexibility index (Phi) is 6.91. The number of hydrogen-bond donors (Lipinski definition) is 2. The molecule has 6 nitrogen and oxygen atoms in total. The molecule has 2 N–H and O–H groups in total. The maximum absolute atomic E-state index is 12.6. The molecule has 0 amide bonds. The van der Waals surface area contributed by atoms with Crippen LogP contribution in [-0.4, -0.2) is 32.0 Å². The zero-order valence-electron chi connectivity index (χ0n) is 14.1. The van der Waals surface area contributed by atoms with Crippen LogP contribution in [0.3, 0.4) is 0 Å². The first-order valence-corrected chi connectivity index (χ1v) is 7.99. The molecule has 25 heavy (non-hydrogen) atoms. The number of fused-ring (bicyclic) bond motifs is 1. The van der Waals surface area contributed by atoms with Gasteiger partial charge in [-0.2, -0.15) is 8.78 Å². The highest BCUT2D eigenvalue weighted by atomic mass is 127. The first-order chi connectivity index (χ1) is 11.6. The molecule has 1 heterocycles. The third kappa shape index (κ3) is 5.23. The normalized spacial score (nSPS) is 20.9. The Bertz CT molecular complexity index is 631. The van der Waals surface area contributed by atoms with Crippen LogP contribution < -0.4 is 24.8 Å². The highest BCUT2D eigenvalue weighted by Gasteiger charge is 2.33. The molecule has 1 aromatic carbocycles. The molecule has 1 aromatic rings. The molecule has 0 spiro atoms. The lowest BCUT2D eigenvalue weighted by Crippen LogP contribution is -2.39. The minimum absolute atomic E-state index is 0. The molecule has 1 saturated carbocycles. The molecule has 1 fully saturated rings. The van der Waals surface area contributed by atoms with E-state index in [9.17, 15) is 8.78 Å². The molecule has 1 aliphatic carbocycles. The van der Waals surface area contributed by atoms with Crippen LogP contribution >= 0.6 is 24.0 Å². The summed E-state index contributed by atoms with van der Waals surface area (Å²) >= 11 is 0. The van der Waals surface area contributed by atoms with Gasteiger partial charge in [-0.05, 0) is 25.3 Å². The third-order valence-corrected chi connectivity index (χ3v) is 3.96. The van der Waals surface area contributed by atoms with Crippen molar-refractivity contribution in [1.29, 1.82) is 0 Å². The van der Waals surface area contributed by atoms with E-state index in [2.05, 4.69) is 27.3 Å². The van der Waals surface area contributed by atoms with Gasteiger partial charge in [-0.3, -0.25) is 0 Å². The maximum Gasteiger partial charge on any atom is 0.387 e. The van der Waals surface area contributed by atoms with Crippen molar-refractivity contribution in [1.82, 2.24) is 10.6 Å². The Morgan fingerprint density at radius 3 is 2.64 bits per heavy atom. The molecule has 2 unspecified atom stereocenters. The number of alkyl halides is 2. The van der Waals surface area contributed by atoms with Crippen LogP contribution in [-0.2, 0) is 6.54 Å². The standard InChI is InChI=1S/C16H21F2N3O3.HI/c1-3-19-16(21-11-4-9(11)2)20-7-10-5-13-14(23-8-22-13)6-12(10)24-15(17)18;/h5-6,9,11,15H,3-4,7-8H2,1-2H3,(H2,19,20,21);1H. The Balaban J connectivity index is 0.00000225. The van der Waals surface area contributed by atoms with Gasteiger partial charge >= 0.3 is 6.61 Å². The largest absolute Gasteiger partial charge is 0.454 e. The Morgan fingerprint density at radius 1 is 1.36 bits per heavy atom. The quantitative estimate of drug-likeness (QED) is 0.381. The van der Waals surface area contributed by atoms with Crippen LogP contribution in [0.2, 0.25) is 0 Å². The summed E-state index contributed by atoms with van der Waals surface area (Å²) < 4.78 is 40.4. The predicted octanol–water partition coefficient (Wildman–Crippen LogP) is 3.10. The van der Waals surface area contributed by atoms with Crippen molar-refractivity contribution in [3.05, 3.63) is 17.7 Å². The summed E-state index contributed by atoms with van der Waals surface area (Å²) in [5.74, 6) is 2.24. The summed E-state index contributed by atoms with van der Waals surface area (Å²) in [6.45, 7) is 2.20. The summed E-state index contributed by atoms with van der Waals surface area (Å²) in [5, 5.41) is 6.47. The van der Waals surface area contributed by atoms with E-state index in [1.54, 1.807) is 6.07 Å². The monoisotopic (exact) mass is 469 g/mol. The summed E-state index contributed by atoms with van der Waals surface area (Å²) in [7, 11) is 0. The maximum atomic E-state index is 12.6. The average molecular weight is 469 g/mol. The molecule has 3 rings (SSSR count). The molecule has 0 bridgehead atoms. The van der Waals surface area contributed by atoms with Crippen molar-refractivity contribution in [3.8, 4) is 17.2 Å².